The molecule has 0 spiro atoms. The zero-order valence-corrected chi connectivity index (χ0v) is 16.1. The lowest BCUT2D eigenvalue weighted by Gasteiger charge is -2.37. The van der Waals surface area contributed by atoms with Crippen LogP contribution in [0.15, 0.2) is 59.4 Å². The molecule has 3 aromatic rings. The van der Waals surface area contributed by atoms with E-state index in [1.165, 1.54) is 0 Å². The van der Waals surface area contributed by atoms with E-state index in [9.17, 15) is 4.79 Å². The van der Waals surface area contributed by atoms with Gasteiger partial charge in [0.2, 0.25) is 11.7 Å². The van der Waals surface area contributed by atoms with E-state index in [-0.39, 0.29) is 24.0 Å². The van der Waals surface area contributed by atoms with E-state index in [1.807, 2.05) is 47.4 Å². The predicted molar refractivity (Wildman–Crippen MR) is 107 cm³/mol. The molecule has 0 aliphatic carbocycles. The highest BCUT2D eigenvalue weighted by Gasteiger charge is 2.45. The molecule has 2 amide bonds. The van der Waals surface area contributed by atoms with Crippen LogP contribution in [0.1, 0.15) is 43.1 Å². The average Bonchev–Trinajstić information content (AvgIpc) is 3.36. The third kappa shape index (κ3) is 3.60. The summed E-state index contributed by atoms with van der Waals surface area (Å²) in [5.41, 5.74) is 2.01. The van der Waals surface area contributed by atoms with Crippen LogP contribution in [-0.2, 0) is 6.54 Å². The first kappa shape index (κ1) is 17.8. The molecule has 29 heavy (non-hydrogen) atoms. The van der Waals surface area contributed by atoms with Gasteiger partial charge in [0, 0.05) is 42.5 Å². The van der Waals surface area contributed by atoms with Crippen molar-refractivity contribution in [2.75, 3.05) is 0 Å². The van der Waals surface area contributed by atoms with Crippen molar-refractivity contribution in [2.45, 2.75) is 50.2 Å². The van der Waals surface area contributed by atoms with Gasteiger partial charge in [-0.15, -0.1) is 0 Å². The Labute approximate surface area is 169 Å². The molecule has 2 aliphatic heterocycles. The molecule has 3 atom stereocenters. The van der Waals surface area contributed by atoms with Gasteiger partial charge in [0.25, 0.3) is 0 Å². The van der Waals surface area contributed by atoms with Crippen LogP contribution in [0.5, 0.6) is 0 Å². The Morgan fingerprint density at radius 3 is 2.52 bits per heavy atom. The number of pyridine rings is 1. The normalized spacial score (nSPS) is 23.2. The summed E-state index contributed by atoms with van der Waals surface area (Å²) in [6.07, 6.45) is 7.24. The van der Waals surface area contributed by atoms with E-state index in [2.05, 4.69) is 20.4 Å². The summed E-state index contributed by atoms with van der Waals surface area (Å²) in [4.78, 5) is 23.5. The van der Waals surface area contributed by atoms with Crippen LogP contribution in [-0.4, -0.2) is 38.1 Å². The monoisotopic (exact) mass is 389 g/mol. The molecule has 1 unspecified atom stereocenters. The molecule has 7 heteroatoms. The first-order chi connectivity index (χ1) is 14.3. The fourth-order valence-electron chi connectivity index (χ4n) is 4.59. The number of amides is 2. The number of hydrogen-bond donors (Lipinski definition) is 1. The zero-order chi connectivity index (χ0) is 19.6. The molecule has 1 N–H and O–H groups in total. The summed E-state index contributed by atoms with van der Waals surface area (Å²) >= 11 is 0. The summed E-state index contributed by atoms with van der Waals surface area (Å²) < 4.78 is 5.58. The molecule has 2 aromatic heterocycles. The summed E-state index contributed by atoms with van der Waals surface area (Å²) in [7, 11) is 0. The molecule has 5 rings (SSSR count). The quantitative estimate of drug-likeness (QED) is 0.735. The number of rotatable bonds is 4. The van der Waals surface area contributed by atoms with Gasteiger partial charge in [-0.05, 0) is 43.4 Å². The molecule has 2 saturated heterocycles. The third-order valence-corrected chi connectivity index (χ3v) is 5.98. The van der Waals surface area contributed by atoms with Gasteiger partial charge < -0.3 is 14.7 Å². The van der Waals surface area contributed by atoms with E-state index in [1.54, 1.807) is 12.4 Å². The summed E-state index contributed by atoms with van der Waals surface area (Å²) in [5.74, 6) is 1.48. The SMILES string of the molecule is O=C(NCc1ccccc1)N1[C@@H]2CC[C@H]1CC(c1nc(-c3ccncc3)no1)C2. The number of benzene rings is 1. The maximum atomic E-state index is 12.8. The lowest BCUT2D eigenvalue weighted by molar-refractivity contribution is 0.130. The number of nitrogens with one attached hydrogen (secondary N) is 1. The smallest absolute Gasteiger partial charge is 0.318 e. The lowest BCUT2D eigenvalue weighted by Crippen LogP contribution is -2.50. The van der Waals surface area contributed by atoms with Gasteiger partial charge >= 0.3 is 6.03 Å². The van der Waals surface area contributed by atoms with Crippen LogP contribution in [0.25, 0.3) is 11.4 Å². The highest BCUT2D eigenvalue weighted by Crippen LogP contribution is 2.42. The number of hydrogen-bond acceptors (Lipinski definition) is 5. The van der Waals surface area contributed by atoms with Gasteiger partial charge in [0.15, 0.2) is 0 Å². The minimum Gasteiger partial charge on any atom is -0.339 e. The van der Waals surface area contributed by atoms with E-state index in [0.717, 1.165) is 36.8 Å². The van der Waals surface area contributed by atoms with Gasteiger partial charge in [-0.2, -0.15) is 4.98 Å². The van der Waals surface area contributed by atoms with Crippen molar-refractivity contribution in [1.82, 2.24) is 25.3 Å². The van der Waals surface area contributed by atoms with Crippen molar-refractivity contribution in [3.05, 3.63) is 66.3 Å². The molecule has 1 aromatic carbocycles. The second-order valence-electron chi connectivity index (χ2n) is 7.80. The number of nitrogens with zero attached hydrogens (tertiary/aromatic N) is 4. The zero-order valence-electron chi connectivity index (χ0n) is 16.1. The summed E-state index contributed by atoms with van der Waals surface area (Å²) in [6.45, 7) is 0.554. The van der Waals surface area contributed by atoms with Crippen molar-refractivity contribution in [3.63, 3.8) is 0 Å². The minimum atomic E-state index is 0.0304. The van der Waals surface area contributed by atoms with Gasteiger partial charge in [-0.3, -0.25) is 4.98 Å². The van der Waals surface area contributed by atoms with Crippen molar-refractivity contribution in [1.29, 1.82) is 0 Å². The number of piperidine rings is 1. The number of fused-ring (bicyclic) bond motifs is 2. The topological polar surface area (TPSA) is 84.2 Å². The van der Waals surface area contributed by atoms with Crippen molar-refractivity contribution in [2.24, 2.45) is 0 Å². The number of carbonyl (C=O) groups is 1. The first-order valence-corrected chi connectivity index (χ1v) is 10.1. The van der Waals surface area contributed by atoms with Crippen LogP contribution in [0.2, 0.25) is 0 Å². The van der Waals surface area contributed by atoms with Gasteiger partial charge in [-0.25, -0.2) is 4.79 Å². The molecule has 0 radical (unpaired) electrons. The van der Waals surface area contributed by atoms with E-state index >= 15 is 0 Å². The van der Waals surface area contributed by atoms with E-state index in [0.29, 0.717) is 18.3 Å². The van der Waals surface area contributed by atoms with Crippen LogP contribution >= 0.6 is 0 Å². The van der Waals surface area contributed by atoms with Crippen LogP contribution in [0.4, 0.5) is 4.79 Å². The highest BCUT2D eigenvalue weighted by molar-refractivity contribution is 5.75. The Hall–Kier alpha value is -3.22. The molecule has 2 fully saturated rings. The molecule has 4 heterocycles. The van der Waals surface area contributed by atoms with Crippen molar-refractivity contribution >= 4 is 6.03 Å². The average molecular weight is 389 g/mol. The molecule has 148 valence electrons. The fraction of sp³-hybridized carbons (Fsp3) is 0.364. The predicted octanol–water partition coefficient (Wildman–Crippen LogP) is 3.75. The molecule has 0 saturated carbocycles. The standard InChI is InChI=1S/C22H23N5O2/c28-22(24-14-15-4-2-1-3-5-15)27-18-6-7-19(27)13-17(12-18)21-25-20(26-29-21)16-8-10-23-11-9-16/h1-5,8-11,17-19H,6-7,12-14H2,(H,24,28)/t17?,18-,19+. The molecule has 7 nitrogen and oxygen atoms in total. The van der Waals surface area contributed by atoms with Gasteiger partial charge in [-0.1, -0.05) is 35.5 Å². The largest absolute Gasteiger partial charge is 0.339 e. The molecule has 2 bridgehead atoms. The van der Waals surface area contributed by atoms with Crippen LogP contribution in [0.3, 0.4) is 0 Å². The minimum absolute atomic E-state index is 0.0304. The Morgan fingerprint density at radius 1 is 1.07 bits per heavy atom. The van der Waals surface area contributed by atoms with Crippen molar-refractivity contribution < 1.29 is 9.32 Å². The van der Waals surface area contributed by atoms with E-state index in [4.69, 9.17) is 4.52 Å². The van der Waals surface area contributed by atoms with Gasteiger partial charge in [0.05, 0.1) is 0 Å². The van der Waals surface area contributed by atoms with E-state index < -0.39 is 0 Å². The summed E-state index contributed by atoms with van der Waals surface area (Å²) in [6, 6.07) is 14.2. The van der Waals surface area contributed by atoms with Gasteiger partial charge in [0.1, 0.15) is 0 Å². The highest BCUT2D eigenvalue weighted by atomic mass is 16.5. The molecule has 2 aliphatic rings. The maximum absolute atomic E-state index is 12.8. The second-order valence-corrected chi connectivity index (χ2v) is 7.80. The number of urea groups is 1. The van der Waals surface area contributed by atoms with Crippen LogP contribution in [0, 0.1) is 0 Å². The Kier molecular flexibility index (Phi) is 4.71. The third-order valence-electron chi connectivity index (χ3n) is 5.98. The lowest BCUT2D eigenvalue weighted by atomic mass is 9.91. The van der Waals surface area contributed by atoms with Crippen molar-refractivity contribution in [3.8, 4) is 11.4 Å². The fourth-order valence-corrected chi connectivity index (χ4v) is 4.59. The Bertz CT molecular complexity index is 961. The van der Waals surface area contributed by atoms with Crippen LogP contribution < -0.4 is 5.32 Å². The second kappa shape index (κ2) is 7.66. The number of aromatic nitrogens is 3. The first-order valence-electron chi connectivity index (χ1n) is 10.1. The Balaban J connectivity index is 1.24. The Morgan fingerprint density at radius 2 is 1.79 bits per heavy atom. The molecular formula is C22H23N5O2. The maximum Gasteiger partial charge on any atom is 0.318 e. The molecular weight excluding hydrogens is 366 g/mol. The summed E-state index contributed by atoms with van der Waals surface area (Å²) in [5, 5.41) is 7.22. The number of carbonyl (C=O) groups excluding carboxylic acids is 1.